The summed E-state index contributed by atoms with van der Waals surface area (Å²) < 4.78 is 9.44. The fraction of sp³-hybridized carbons (Fsp3) is 0.200. The van der Waals surface area contributed by atoms with Crippen LogP contribution in [0.1, 0.15) is 40.0 Å². The fourth-order valence-corrected chi connectivity index (χ4v) is 4.72. The number of aromatic carboxylic acids is 1. The van der Waals surface area contributed by atoms with Gasteiger partial charge in [-0.05, 0) is 47.6 Å². The third-order valence-electron chi connectivity index (χ3n) is 5.66. The zero-order chi connectivity index (χ0) is 24.2. The van der Waals surface area contributed by atoms with Crippen molar-refractivity contribution in [1.29, 1.82) is 0 Å². The Bertz CT molecular complexity index is 1250. The number of carboxylic acids is 1. The van der Waals surface area contributed by atoms with E-state index >= 15 is 0 Å². The molecule has 0 saturated carbocycles. The van der Waals surface area contributed by atoms with Crippen LogP contribution in [0.25, 0.3) is 11.1 Å². The molecule has 0 spiro atoms. The molecule has 1 aromatic heterocycles. The van der Waals surface area contributed by atoms with Gasteiger partial charge in [0.2, 0.25) is 0 Å². The fourth-order valence-electron chi connectivity index (χ4n) is 3.94. The molecule has 0 aliphatic heterocycles. The number of rotatable bonds is 7. The molecule has 0 atom stereocenters. The predicted molar refractivity (Wildman–Crippen MR) is 129 cm³/mol. The second-order valence-corrected chi connectivity index (χ2v) is 8.60. The van der Waals surface area contributed by atoms with Gasteiger partial charge in [-0.15, -0.1) is 0 Å². The van der Waals surface area contributed by atoms with Crippen molar-refractivity contribution in [3.8, 4) is 11.1 Å². The summed E-state index contributed by atoms with van der Waals surface area (Å²) in [5, 5.41) is 14.6. The summed E-state index contributed by atoms with van der Waals surface area (Å²) in [6.45, 7) is 3.43. The molecular weight excluding hydrogens is 454 g/mol. The number of aromatic nitrogens is 1. The summed E-state index contributed by atoms with van der Waals surface area (Å²) in [4.78, 5) is 36.0. The summed E-state index contributed by atoms with van der Waals surface area (Å²) >= 11 is 0.908. The summed E-state index contributed by atoms with van der Waals surface area (Å²) in [6, 6.07) is 16.2. The van der Waals surface area contributed by atoms with Crippen molar-refractivity contribution in [3.05, 3.63) is 82.6 Å². The molecule has 2 aromatic carbocycles. The van der Waals surface area contributed by atoms with Crippen LogP contribution in [0.3, 0.4) is 0 Å². The van der Waals surface area contributed by atoms with Crippen LogP contribution < -0.4 is 10.6 Å². The van der Waals surface area contributed by atoms with Crippen molar-refractivity contribution < 1.29 is 24.2 Å². The number of nitrogens with one attached hydrogen (secondary N) is 2. The molecule has 3 N–H and O–H groups in total. The molecule has 9 heteroatoms. The molecule has 4 rings (SSSR count). The Morgan fingerprint density at radius 3 is 2.32 bits per heavy atom. The average molecular weight is 478 g/mol. The van der Waals surface area contributed by atoms with Crippen LogP contribution in [0.2, 0.25) is 0 Å². The van der Waals surface area contributed by atoms with Gasteiger partial charge in [0.05, 0.1) is 5.69 Å². The van der Waals surface area contributed by atoms with E-state index in [2.05, 4.69) is 27.1 Å². The number of nitrogens with zero attached hydrogens (tertiary/aromatic N) is 1. The molecule has 8 nitrogen and oxygen atoms in total. The number of carbonyl (C=O) groups is 3. The van der Waals surface area contributed by atoms with Gasteiger partial charge in [-0.2, -0.15) is 4.37 Å². The van der Waals surface area contributed by atoms with Gasteiger partial charge >= 0.3 is 12.1 Å². The lowest BCUT2D eigenvalue weighted by molar-refractivity contribution is -0.112. The standard InChI is InChI=1S/C25H23N3O5S/c1-14(22(29)27-23-21(24(30)31)15(2)28-34-23)11-12-26-25(32)33-13-20-18-9-5-3-7-16(18)17-8-4-6-10-19(17)20/h3-11,20H,12-13H2,1-2H3,(H,26,32)(H,27,29)(H,30,31)/b14-11+. The first kappa shape index (κ1) is 23.2. The Morgan fingerprint density at radius 2 is 1.71 bits per heavy atom. The number of hydrogen-bond acceptors (Lipinski definition) is 6. The highest BCUT2D eigenvalue weighted by Gasteiger charge is 2.29. The first-order valence-corrected chi connectivity index (χ1v) is 11.4. The topological polar surface area (TPSA) is 118 Å². The van der Waals surface area contributed by atoms with Crippen LogP contribution in [-0.2, 0) is 9.53 Å². The van der Waals surface area contributed by atoms with Gasteiger partial charge in [0.1, 0.15) is 17.2 Å². The van der Waals surface area contributed by atoms with Crippen LogP contribution in [0, 0.1) is 6.92 Å². The van der Waals surface area contributed by atoms with Crippen LogP contribution in [0.4, 0.5) is 9.80 Å². The van der Waals surface area contributed by atoms with E-state index in [9.17, 15) is 19.5 Å². The molecule has 2 amide bonds. The van der Waals surface area contributed by atoms with Crippen molar-refractivity contribution in [2.24, 2.45) is 0 Å². The molecular formula is C25H23N3O5S. The van der Waals surface area contributed by atoms with Gasteiger partial charge in [-0.3, -0.25) is 4.79 Å². The second-order valence-electron chi connectivity index (χ2n) is 7.82. The highest BCUT2D eigenvalue weighted by molar-refractivity contribution is 7.11. The number of ether oxygens (including phenoxy) is 1. The highest BCUT2D eigenvalue weighted by atomic mass is 32.1. The van der Waals surface area contributed by atoms with Crippen molar-refractivity contribution >= 4 is 34.5 Å². The first-order chi connectivity index (χ1) is 16.4. The quantitative estimate of drug-likeness (QED) is 0.429. The van der Waals surface area contributed by atoms with Crippen LogP contribution in [0.15, 0.2) is 60.2 Å². The first-order valence-electron chi connectivity index (χ1n) is 10.6. The van der Waals surface area contributed by atoms with Gasteiger partial charge in [0.25, 0.3) is 5.91 Å². The van der Waals surface area contributed by atoms with E-state index < -0.39 is 18.0 Å². The zero-order valence-electron chi connectivity index (χ0n) is 18.6. The predicted octanol–water partition coefficient (Wildman–Crippen LogP) is 4.57. The summed E-state index contributed by atoms with van der Waals surface area (Å²) in [7, 11) is 0. The maximum atomic E-state index is 12.4. The van der Waals surface area contributed by atoms with Gasteiger partial charge in [0.15, 0.2) is 0 Å². The van der Waals surface area contributed by atoms with E-state index in [1.54, 1.807) is 13.8 Å². The number of benzene rings is 2. The molecule has 0 bridgehead atoms. The van der Waals surface area contributed by atoms with Gasteiger partial charge in [0, 0.05) is 18.0 Å². The number of alkyl carbamates (subject to hydrolysis) is 1. The minimum Gasteiger partial charge on any atom is -0.478 e. The molecule has 34 heavy (non-hydrogen) atoms. The molecule has 1 aliphatic carbocycles. The van der Waals surface area contributed by atoms with Crippen molar-refractivity contribution in [2.45, 2.75) is 19.8 Å². The van der Waals surface area contributed by atoms with E-state index in [4.69, 9.17) is 4.74 Å². The van der Waals surface area contributed by atoms with E-state index in [0.717, 1.165) is 33.8 Å². The summed E-state index contributed by atoms with van der Waals surface area (Å²) in [5.41, 5.74) is 5.19. The lowest BCUT2D eigenvalue weighted by atomic mass is 9.98. The second kappa shape index (κ2) is 9.88. The smallest absolute Gasteiger partial charge is 0.407 e. The Hall–Kier alpha value is -3.98. The molecule has 1 heterocycles. The number of carbonyl (C=O) groups excluding carboxylic acids is 2. The normalized spacial score (nSPS) is 12.6. The molecule has 0 saturated heterocycles. The summed E-state index contributed by atoms with van der Waals surface area (Å²) in [5.74, 6) is -1.66. The van der Waals surface area contributed by atoms with Crippen molar-refractivity contribution in [3.63, 3.8) is 0 Å². The zero-order valence-corrected chi connectivity index (χ0v) is 19.4. The van der Waals surface area contributed by atoms with Crippen LogP contribution in [0.5, 0.6) is 0 Å². The van der Waals surface area contributed by atoms with E-state index in [0.29, 0.717) is 11.3 Å². The number of hydrogen-bond donors (Lipinski definition) is 3. The van der Waals surface area contributed by atoms with Crippen molar-refractivity contribution in [1.82, 2.24) is 9.69 Å². The minimum atomic E-state index is -1.15. The Kier molecular flexibility index (Phi) is 6.74. The van der Waals surface area contributed by atoms with E-state index in [1.165, 1.54) is 6.08 Å². The van der Waals surface area contributed by atoms with E-state index in [-0.39, 0.29) is 29.6 Å². The van der Waals surface area contributed by atoms with Gasteiger partial charge in [-0.25, -0.2) is 9.59 Å². The minimum absolute atomic E-state index is 0.0251. The number of carboxylic acid groups (broad SMARTS) is 1. The van der Waals surface area contributed by atoms with E-state index in [1.807, 2.05) is 36.4 Å². The molecule has 0 fully saturated rings. The molecule has 0 unspecified atom stereocenters. The van der Waals surface area contributed by atoms with Gasteiger partial charge < -0.3 is 20.5 Å². The van der Waals surface area contributed by atoms with Crippen molar-refractivity contribution in [2.75, 3.05) is 18.5 Å². The van der Waals surface area contributed by atoms with Crippen LogP contribution in [-0.4, -0.2) is 40.6 Å². The van der Waals surface area contributed by atoms with Crippen LogP contribution >= 0.6 is 11.5 Å². The lowest BCUT2D eigenvalue weighted by Crippen LogP contribution is -2.26. The Morgan fingerprint density at radius 1 is 1.09 bits per heavy atom. The Balaban J connectivity index is 1.31. The maximum absolute atomic E-state index is 12.4. The molecule has 174 valence electrons. The third kappa shape index (κ3) is 4.69. The number of amides is 2. The average Bonchev–Trinajstić information content (AvgIpc) is 3.35. The molecule has 3 aromatic rings. The molecule has 0 radical (unpaired) electrons. The third-order valence-corrected chi connectivity index (χ3v) is 6.51. The lowest BCUT2D eigenvalue weighted by Gasteiger charge is -2.14. The number of aryl methyl sites for hydroxylation is 1. The molecule has 1 aliphatic rings. The van der Waals surface area contributed by atoms with Gasteiger partial charge in [-0.1, -0.05) is 54.6 Å². The monoisotopic (exact) mass is 477 g/mol. The number of fused-ring (bicyclic) bond motifs is 3. The summed E-state index contributed by atoms with van der Waals surface area (Å²) in [6.07, 6.45) is 0.947. The maximum Gasteiger partial charge on any atom is 0.407 e. The largest absolute Gasteiger partial charge is 0.478 e. The highest BCUT2D eigenvalue weighted by Crippen LogP contribution is 2.44. The SMILES string of the molecule is C/C(=C\CNC(=O)OCC1c2ccccc2-c2ccccc21)C(=O)Nc1snc(C)c1C(=O)O. The number of anilines is 1. The Labute approximate surface area is 200 Å².